The van der Waals surface area contributed by atoms with E-state index in [1.165, 1.54) is 0 Å². The molecular weight excluding hydrogens is 629 g/mol. The molecule has 0 atom stereocenters. The van der Waals surface area contributed by atoms with E-state index in [4.69, 9.17) is 0 Å². The molecule has 0 bridgehead atoms. The van der Waals surface area contributed by atoms with E-state index in [1.807, 2.05) is 60.7 Å². The smallest absolute Gasteiger partial charge is 0.171 e. The summed E-state index contributed by atoms with van der Waals surface area (Å²) in [5.41, 5.74) is 6.76. The Bertz CT molecular complexity index is 1850. The Hall–Kier alpha value is -4.70. The molecule has 4 aromatic carbocycles. The molecule has 2 N–H and O–H groups in total. The normalized spacial score (nSPS) is 12.9. The number of hydrogen-bond donors (Lipinski definition) is 2. The second-order valence-electron chi connectivity index (χ2n) is 17.8. The summed E-state index contributed by atoms with van der Waals surface area (Å²) in [7, 11) is 0. The summed E-state index contributed by atoms with van der Waals surface area (Å²) in [6.07, 6.45) is 7.08. The number of phenolic OH excluding ortho intramolecular Hbond substituents is 2. The van der Waals surface area contributed by atoms with Crippen LogP contribution in [-0.4, -0.2) is 21.8 Å². The Morgan fingerprint density at radius 2 is 0.784 bits per heavy atom. The highest BCUT2D eigenvalue weighted by Crippen LogP contribution is 2.40. The van der Waals surface area contributed by atoms with Crippen molar-refractivity contribution in [2.45, 2.75) is 111 Å². The van der Waals surface area contributed by atoms with Crippen LogP contribution in [0, 0.1) is 0 Å². The van der Waals surface area contributed by atoms with Crippen LogP contribution in [0.2, 0.25) is 0 Å². The van der Waals surface area contributed by atoms with Gasteiger partial charge in [-0.25, -0.2) is 0 Å². The summed E-state index contributed by atoms with van der Waals surface area (Å²) in [6, 6.07) is 22.7. The van der Waals surface area contributed by atoms with Gasteiger partial charge in [0.05, 0.1) is 6.42 Å². The van der Waals surface area contributed by atoms with Crippen LogP contribution in [0.5, 0.6) is 11.5 Å². The Labute approximate surface area is 306 Å². The summed E-state index contributed by atoms with van der Waals surface area (Å²) in [6.45, 7) is 25.4. The number of hydrogen-bond acceptors (Lipinski definition) is 4. The lowest BCUT2D eigenvalue weighted by atomic mass is 9.79. The minimum absolute atomic E-state index is 0.123. The zero-order valence-electron chi connectivity index (χ0n) is 32.7. The number of aromatic hydroxyl groups is 2. The van der Waals surface area contributed by atoms with Crippen LogP contribution in [0.4, 0.5) is 0 Å². The number of rotatable bonds is 8. The third kappa shape index (κ3) is 9.35. The Kier molecular flexibility index (Phi) is 11.1. The Morgan fingerprint density at radius 3 is 1.10 bits per heavy atom. The average Bonchev–Trinajstić information content (AvgIpc) is 3.01. The van der Waals surface area contributed by atoms with Crippen molar-refractivity contribution in [3.05, 3.63) is 128 Å². The van der Waals surface area contributed by atoms with Gasteiger partial charge in [0, 0.05) is 33.4 Å². The van der Waals surface area contributed by atoms with Gasteiger partial charge >= 0.3 is 0 Å². The quantitative estimate of drug-likeness (QED) is 0.110. The van der Waals surface area contributed by atoms with Crippen molar-refractivity contribution < 1.29 is 19.8 Å². The first-order valence-electron chi connectivity index (χ1n) is 17.8. The highest BCUT2D eigenvalue weighted by atomic mass is 16.3. The number of phenols is 2. The maximum absolute atomic E-state index is 13.7. The largest absolute Gasteiger partial charge is 0.507 e. The molecule has 4 rings (SSSR count). The number of benzene rings is 4. The third-order valence-corrected chi connectivity index (χ3v) is 9.36. The molecule has 0 aliphatic rings. The molecule has 4 aromatic rings. The molecule has 4 heteroatoms. The van der Waals surface area contributed by atoms with Crippen LogP contribution in [0.15, 0.2) is 72.8 Å². The number of Topliss-reactive ketones (excluding diaryl/α,β-unsaturated/α-hetero) is 2. The SMILES string of the molecule is CC(C)(C)c1cc(/C=C\c2ccccc2C(=O)CC(=O)c2ccccc2/C=C/c2cc(C(C)(C)C)cc(C(C)(C)C)c2O)c(O)c(C(C)(C)C)c1. The van der Waals surface area contributed by atoms with E-state index in [0.717, 1.165) is 22.3 Å². The first kappa shape index (κ1) is 39.1. The average molecular weight is 685 g/mol. The third-order valence-electron chi connectivity index (χ3n) is 9.36. The molecule has 0 aromatic heterocycles. The van der Waals surface area contributed by atoms with Crippen molar-refractivity contribution >= 4 is 35.9 Å². The highest BCUT2D eigenvalue weighted by Gasteiger charge is 2.26. The molecule has 0 aliphatic carbocycles. The van der Waals surface area contributed by atoms with E-state index in [-0.39, 0.29) is 51.1 Å². The number of ketones is 2. The Balaban J connectivity index is 1.65. The minimum Gasteiger partial charge on any atom is -0.507 e. The van der Waals surface area contributed by atoms with Gasteiger partial charge in [-0.15, -0.1) is 0 Å². The number of carbonyl (C=O) groups excluding carboxylic acids is 2. The van der Waals surface area contributed by atoms with E-state index in [9.17, 15) is 19.8 Å². The van der Waals surface area contributed by atoms with Gasteiger partial charge < -0.3 is 10.2 Å². The highest BCUT2D eigenvalue weighted by molar-refractivity contribution is 6.16. The lowest BCUT2D eigenvalue weighted by molar-refractivity contribution is 0.0894. The van der Waals surface area contributed by atoms with Gasteiger partial charge in [0.2, 0.25) is 0 Å². The predicted molar refractivity (Wildman–Crippen MR) is 215 cm³/mol. The fraction of sp³-hybridized carbons (Fsp3) is 0.362. The summed E-state index contributed by atoms with van der Waals surface area (Å²) in [4.78, 5) is 27.5. The molecule has 0 aliphatic heterocycles. The lowest BCUT2D eigenvalue weighted by Gasteiger charge is -2.27. The van der Waals surface area contributed by atoms with Crippen molar-refractivity contribution in [2.75, 3.05) is 0 Å². The van der Waals surface area contributed by atoms with Crippen LogP contribution in [0.25, 0.3) is 24.3 Å². The molecule has 4 nitrogen and oxygen atoms in total. The Morgan fingerprint density at radius 1 is 0.471 bits per heavy atom. The van der Waals surface area contributed by atoms with Crippen molar-refractivity contribution in [2.24, 2.45) is 0 Å². The summed E-state index contributed by atoms with van der Waals surface area (Å²) in [5.74, 6) is -0.119. The van der Waals surface area contributed by atoms with Crippen LogP contribution < -0.4 is 0 Å². The molecule has 0 fully saturated rings. The molecule has 0 spiro atoms. The molecule has 0 radical (unpaired) electrons. The summed E-state index contributed by atoms with van der Waals surface area (Å²) >= 11 is 0. The molecule has 0 saturated carbocycles. The predicted octanol–water partition coefficient (Wildman–Crippen LogP) is 12.1. The van der Waals surface area contributed by atoms with Gasteiger partial charge in [0.25, 0.3) is 0 Å². The fourth-order valence-electron chi connectivity index (χ4n) is 6.07. The van der Waals surface area contributed by atoms with Gasteiger partial charge in [-0.3, -0.25) is 9.59 Å². The zero-order chi connectivity index (χ0) is 38.1. The maximum atomic E-state index is 13.7. The summed E-state index contributed by atoms with van der Waals surface area (Å²) in [5, 5.41) is 22.6. The topological polar surface area (TPSA) is 74.6 Å². The van der Waals surface area contributed by atoms with Crippen molar-refractivity contribution in [3.8, 4) is 11.5 Å². The maximum Gasteiger partial charge on any atom is 0.171 e. The zero-order valence-corrected chi connectivity index (χ0v) is 32.7. The van der Waals surface area contributed by atoms with Crippen molar-refractivity contribution in [1.82, 2.24) is 0 Å². The van der Waals surface area contributed by atoms with Gasteiger partial charge in [-0.1, -0.05) is 168 Å². The molecule has 0 unspecified atom stereocenters. The lowest BCUT2D eigenvalue weighted by Crippen LogP contribution is -2.17. The molecule has 51 heavy (non-hydrogen) atoms. The fourth-order valence-corrected chi connectivity index (χ4v) is 6.07. The van der Waals surface area contributed by atoms with Crippen LogP contribution >= 0.6 is 0 Å². The van der Waals surface area contributed by atoms with Gasteiger partial charge in [-0.05, 0) is 56.0 Å². The first-order valence-corrected chi connectivity index (χ1v) is 17.8. The second-order valence-corrected chi connectivity index (χ2v) is 17.8. The standard InChI is InChI=1S/C47H56O4/c1-44(2,3)34-25-32(42(50)38(27-34)46(7,8)9)23-21-30-17-13-15-19-36(30)40(48)29-41(49)37-20-16-14-18-31(37)22-24-33-26-35(45(4,5)6)28-39(43(33)51)47(10,11)12/h13-28,50-51H,29H2,1-12H3/b23-21-,24-22+. The van der Waals surface area contributed by atoms with Gasteiger partial charge in [0.15, 0.2) is 11.6 Å². The van der Waals surface area contributed by atoms with Crippen molar-refractivity contribution in [1.29, 1.82) is 0 Å². The van der Waals surface area contributed by atoms with Gasteiger partial charge in [-0.2, -0.15) is 0 Å². The van der Waals surface area contributed by atoms with E-state index < -0.39 is 0 Å². The van der Waals surface area contributed by atoms with E-state index in [2.05, 4.69) is 95.2 Å². The molecular formula is C47H56O4. The van der Waals surface area contributed by atoms with Crippen molar-refractivity contribution in [3.63, 3.8) is 0 Å². The van der Waals surface area contributed by atoms with Crippen LogP contribution in [-0.2, 0) is 21.7 Å². The van der Waals surface area contributed by atoms with Crippen LogP contribution in [0.3, 0.4) is 0 Å². The van der Waals surface area contributed by atoms with E-state index in [1.54, 1.807) is 24.3 Å². The first-order chi connectivity index (χ1) is 23.5. The second kappa shape index (κ2) is 14.5. The van der Waals surface area contributed by atoms with E-state index >= 15 is 0 Å². The monoisotopic (exact) mass is 684 g/mol. The minimum atomic E-state index is -0.298. The molecule has 0 amide bonds. The molecule has 0 saturated heterocycles. The summed E-state index contributed by atoms with van der Waals surface area (Å²) < 4.78 is 0. The molecule has 0 heterocycles. The van der Waals surface area contributed by atoms with Gasteiger partial charge in [0.1, 0.15) is 11.5 Å². The molecule has 268 valence electrons. The number of carbonyl (C=O) groups is 2. The van der Waals surface area contributed by atoms with Crippen LogP contribution in [0.1, 0.15) is 155 Å². The van der Waals surface area contributed by atoms with E-state index in [0.29, 0.717) is 33.4 Å².